The molecule has 0 aromatic heterocycles. The smallest absolute Gasteiger partial charge is 0.306 e. The van der Waals surface area contributed by atoms with Gasteiger partial charge in [0.1, 0.15) is 0 Å². The largest absolute Gasteiger partial charge is 0.481 e. The van der Waals surface area contributed by atoms with Gasteiger partial charge in [-0.25, -0.2) is 0 Å². The molecule has 4 aliphatic carbocycles. The van der Waals surface area contributed by atoms with Crippen LogP contribution in [-0.4, -0.2) is 33.5 Å². The van der Waals surface area contributed by atoms with Crippen molar-refractivity contribution in [1.82, 2.24) is 0 Å². The molecule has 5 unspecified atom stereocenters. The van der Waals surface area contributed by atoms with Crippen molar-refractivity contribution in [3.63, 3.8) is 0 Å². The van der Waals surface area contributed by atoms with E-state index >= 15 is 0 Å². The second kappa shape index (κ2) is 7.76. The van der Waals surface area contributed by atoms with E-state index in [2.05, 4.69) is 27.7 Å². The van der Waals surface area contributed by atoms with Gasteiger partial charge in [-0.2, -0.15) is 0 Å². The van der Waals surface area contributed by atoms with Crippen molar-refractivity contribution in [1.29, 1.82) is 0 Å². The van der Waals surface area contributed by atoms with E-state index in [1.54, 1.807) is 0 Å². The molecule has 4 fully saturated rings. The number of aliphatic hydroxyl groups excluding tert-OH is 2. The highest BCUT2D eigenvalue weighted by molar-refractivity contribution is 5.69. The number of fused-ring (bicyclic) bond motifs is 5. The summed E-state index contributed by atoms with van der Waals surface area (Å²) in [7, 11) is 0. The standard InChI is InChI=1S/C26H44O4/c1-14(12-15(2)24(29)30)18-6-7-19-22-20(9-11-25(18,19)4)26(5)10-8-17(27)13-21(26)16(3)23(22)28/h14-23,27-28H,6-13H2,1-5H3,(H,29,30)/t14-,15?,16-,17-,18-,19?,20?,21?,22?,23-,25-,26-/m1/s1. The average Bonchev–Trinajstić information content (AvgIpc) is 3.04. The SMILES string of the molecule is CC(C[C@@H](C)[C@H]1CCC2C3C(CC[C@@]21C)[C@@]1(C)CC[C@@H](O)CC1[C@@H](C)[C@H]3O)C(=O)O. The summed E-state index contributed by atoms with van der Waals surface area (Å²) >= 11 is 0. The lowest BCUT2D eigenvalue weighted by Crippen LogP contribution is -2.61. The molecular weight excluding hydrogens is 376 g/mol. The third-order valence-corrected chi connectivity index (χ3v) is 11.0. The molecule has 0 heterocycles. The van der Waals surface area contributed by atoms with Crippen LogP contribution in [0, 0.1) is 58.2 Å². The summed E-state index contributed by atoms with van der Waals surface area (Å²) in [5.41, 5.74) is 0.461. The van der Waals surface area contributed by atoms with Gasteiger partial charge in [-0.15, -0.1) is 0 Å². The van der Waals surface area contributed by atoms with E-state index in [0.717, 1.165) is 25.7 Å². The number of hydrogen-bond donors (Lipinski definition) is 3. The topological polar surface area (TPSA) is 77.8 Å². The Bertz CT molecular complexity index is 663. The Labute approximate surface area is 182 Å². The molecule has 0 amide bonds. The molecule has 0 saturated heterocycles. The zero-order chi connectivity index (χ0) is 22.0. The van der Waals surface area contributed by atoms with Gasteiger partial charge >= 0.3 is 5.97 Å². The van der Waals surface area contributed by atoms with Gasteiger partial charge in [0.2, 0.25) is 0 Å². The molecule has 0 aromatic carbocycles. The minimum Gasteiger partial charge on any atom is -0.481 e. The van der Waals surface area contributed by atoms with E-state index in [-0.39, 0.29) is 34.9 Å². The van der Waals surface area contributed by atoms with Crippen LogP contribution in [0.4, 0.5) is 0 Å². The quantitative estimate of drug-likeness (QED) is 0.600. The van der Waals surface area contributed by atoms with Gasteiger partial charge in [0, 0.05) is 0 Å². The van der Waals surface area contributed by atoms with Gasteiger partial charge in [0.05, 0.1) is 18.1 Å². The molecule has 0 radical (unpaired) electrons. The molecule has 0 aliphatic heterocycles. The van der Waals surface area contributed by atoms with Crippen molar-refractivity contribution < 1.29 is 20.1 Å². The van der Waals surface area contributed by atoms with Gasteiger partial charge in [-0.3, -0.25) is 4.79 Å². The maximum atomic E-state index is 11.6. The second-order valence-electron chi connectivity index (χ2n) is 12.4. The molecule has 12 atom stereocenters. The molecule has 4 aliphatic rings. The maximum Gasteiger partial charge on any atom is 0.306 e. The first-order chi connectivity index (χ1) is 14.0. The molecule has 30 heavy (non-hydrogen) atoms. The van der Waals surface area contributed by atoms with E-state index in [9.17, 15) is 20.1 Å². The molecule has 4 nitrogen and oxygen atoms in total. The molecule has 172 valence electrons. The third kappa shape index (κ3) is 3.27. The van der Waals surface area contributed by atoms with Crippen LogP contribution < -0.4 is 0 Å². The summed E-state index contributed by atoms with van der Waals surface area (Å²) in [5.74, 6) is 2.15. The monoisotopic (exact) mass is 420 g/mol. The Morgan fingerprint density at radius 1 is 0.967 bits per heavy atom. The molecule has 4 saturated carbocycles. The normalized spacial score (nSPS) is 52.6. The van der Waals surface area contributed by atoms with E-state index in [4.69, 9.17) is 0 Å². The second-order valence-corrected chi connectivity index (χ2v) is 12.4. The van der Waals surface area contributed by atoms with Crippen LogP contribution in [0.5, 0.6) is 0 Å². The van der Waals surface area contributed by atoms with E-state index in [1.165, 1.54) is 25.7 Å². The zero-order valence-corrected chi connectivity index (χ0v) is 19.7. The Balaban J connectivity index is 1.59. The van der Waals surface area contributed by atoms with Crippen LogP contribution in [-0.2, 0) is 4.79 Å². The Morgan fingerprint density at radius 3 is 2.27 bits per heavy atom. The van der Waals surface area contributed by atoms with Crippen molar-refractivity contribution in [2.75, 3.05) is 0 Å². The maximum absolute atomic E-state index is 11.6. The number of carboxylic acid groups (broad SMARTS) is 1. The number of aliphatic hydroxyl groups is 2. The highest BCUT2D eigenvalue weighted by Crippen LogP contribution is 2.69. The fourth-order valence-corrected chi connectivity index (χ4v) is 9.45. The lowest BCUT2D eigenvalue weighted by atomic mass is 9.42. The van der Waals surface area contributed by atoms with Crippen LogP contribution in [0.3, 0.4) is 0 Å². The van der Waals surface area contributed by atoms with Gasteiger partial charge in [-0.05, 0) is 104 Å². The molecule has 0 aromatic rings. The van der Waals surface area contributed by atoms with Crippen molar-refractivity contribution in [3.8, 4) is 0 Å². The number of carbonyl (C=O) groups is 1. The first kappa shape index (κ1) is 22.6. The van der Waals surface area contributed by atoms with E-state index in [0.29, 0.717) is 35.5 Å². The Hall–Kier alpha value is -0.610. The Kier molecular flexibility index (Phi) is 5.84. The number of carboxylic acids is 1. The zero-order valence-electron chi connectivity index (χ0n) is 19.7. The summed E-state index contributed by atoms with van der Waals surface area (Å²) in [6.07, 6.45) is 7.90. The number of hydrogen-bond acceptors (Lipinski definition) is 3. The van der Waals surface area contributed by atoms with Crippen LogP contribution in [0.2, 0.25) is 0 Å². The van der Waals surface area contributed by atoms with Crippen molar-refractivity contribution in [2.24, 2.45) is 58.2 Å². The van der Waals surface area contributed by atoms with Crippen LogP contribution in [0.1, 0.15) is 86.0 Å². The molecule has 4 heteroatoms. The van der Waals surface area contributed by atoms with Crippen molar-refractivity contribution in [3.05, 3.63) is 0 Å². The molecule has 4 rings (SSSR count). The van der Waals surface area contributed by atoms with Crippen LogP contribution in [0.25, 0.3) is 0 Å². The fraction of sp³-hybridized carbons (Fsp3) is 0.962. The van der Waals surface area contributed by atoms with Gasteiger partial charge in [-0.1, -0.05) is 34.6 Å². The lowest BCUT2D eigenvalue weighted by molar-refractivity contribution is -0.199. The molecule has 3 N–H and O–H groups in total. The fourth-order valence-electron chi connectivity index (χ4n) is 9.45. The first-order valence-corrected chi connectivity index (χ1v) is 12.6. The summed E-state index contributed by atoms with van der Waals surface area (Å²) < 4.78 is 0. The predicted octanol–water partition coefficient (Wildman–Crippen LogP) is 4.97. The van der Waals surface area contributed by atoms with Crippen molar-refractivity contribution >= 4 is 5.97 Å². The molecule has 0 bridgehead atoms. The molecule has 0 spiro atoms. The summed E-state index contributed by atoms with van der Waals surface area (Å²) in [6.45, 7) is 11.3. The predicted molar refractivity (Wildman–Crippen MR) is 118 cm³/mol. The minimum atomic E-state index is -0.680. The minimum absolute atomic E-state index is 0.198. The van der Waals surface area contributed by atoms with E-state index in [1.807, 2.05) is 6.92 Å². The average molecular weight is 421 g/mol. The lowest BCUT2D eigenvalue weighted by Gasteiger charge is -2.64. The van der Waals surface area contributed by atoms with Gasteiger partial charge in [0.25, 0.3) is 0 Å². The third-order valence-electron chi connectivity index (χ3n) is 11.0. The number of aliphatic carboxylic acids is 1. The summed E-state index contributed by atoms with van der Waals surface area (Å²) in [6, 6.07) is 0. The highest BCUT2D eigenvalue weighted by Gasteiger charge is 2.64. The van der Waals surface area contributed by atoms with Gasteiger partial charge in [0.15, 0.2) is 0 Å². The van der Waals surface area contributed by atoms with Crippen molar-refractivity contribution in [2.45, 2.75) is 98.2 Å². The number of rotatable bonds is 4. The van der Waals surface area contributed by atoms with Crippen LogP contribution in [0.15, 0.2) is 0 Å². The highest BCUT2D eigenvalue weighted by atomic mass is 16.4. The summed E-state index contributed by atoms with van der Waals surface area (Å²) in [4.78, 5) is 11.4. The Morgan fingerprint density at radius 2 is 1.60 bits per heavy atom. The van der Waals surface area contributed by atoms with Crippen LogP contribution >= 0.6 is 0 Å². The molecular formula is C26H44O4. The van der Waals surface area contributed by atoms with Gasteiger partial charge < -0.3 is 15.3 Å². The first-order valence-electron chi connectivity index (χ1n) is 12.6. The summed E-state index contributed by atoms with van der Waals surface area (Å²) in [5, 5.41) is 31.3. The van der Waals surface area contributed by atoms with E-state index < -0.39 is 5.97 Å².